The monoisotopic (exact) mass is 267 g/mol. The number of rotatable bonds is 5. The third kappa shape index (κ3) is 3.34. The van der Waals surface area contributed by atoms with Crippen molar-refractivity contribution in [3.8, 4) is 0 Å². The molecule has 1 aromatic rings. The van der Waals surface area contributed by atoms with Gasteiger partial charge in [-0.15, -0.1) is 0 Å². The van der Waals surface area contributed by atoms with Gasteiger partial charge in [0.05, 0.1) is 6.04 Å². The van der Waals surface area contributed by atoms with E-state index in [-0.39, 0.29) is 12.1 Å². The molecule has 2 heterocycles. The third-order valence-corrected chi connectivity index (χ3v) is 3.70. The predicted octanol–water partition coefficient (Wildman–Crippen LogP) is 2.86. The van der Waals surface area contributed by atoms with Gasteiger partial charge in [-0.25, -0.2) is 0 Å². The number of nitrogens with zero attached hydrogens (tertiary/aromatic N) is 2. The van der Waals surface area contributed by atoms with Gasteiger partial charge in [-0.2, -0.15) is 4.98 Å². The lowest BCUT2D eigenvalue weighted by atomic mass is 9.93. The molecule has 19 heavy (non-hydrogen) atoms. The number of nitrogens with one attached hydrogen (secondary N) is 1. The molecular formula is C14H25N3O2. The molecule has 1 aliphatic heterocycles. The molecule has 1 fully saturated rings. The van der Waals surface area contributed by atoms with Crippen LogP contribution >= 0.6 is 0 Å². The van der Waals surface area contributed by atoms with Gasteiger partial charge >= 0.3 is 0 Å². The topological polar surface area (TPSA) is 60.2 Å². The second-order valence-corrected chi connectivity index (χ2v) is 5.66. The van der Waals surface area contributed by atoms with Crippen molar-refractivity contribution < 1.29 is 9.26 Å². The molecule has 0 bridgehead atoms. The van der Waals surface area contributed by atoms with E-state index in [0.717, 1.165) is 6.54 Å². The maximum Gasteiger partial charge on any atom is 0.244 e. The first-order chi connectivity index (χ1) is 9.13. The fourth-order valence-corrected chi connectivity index (χ4v) is 2.61. The molecule has 2 rings (SSSR count). The molecule has 0 saturated carbocycles. The zero-order chi connectivity index (χ0) is 13.8. The maximum atomic E-state index is 5.71. The van der Waals surface area contributed by atoms with Gasteiger partial charge in [-0.1, -0.05) is 25.9 Å². The first kappa shape index (κ1) is 14.5. The summed E-state index contributed by atoms with van der Waals surface area (Å²) in [6.45, 7) is 10.1. The molecule has 0 aliphatic carbocycles. The van der Waals surface area contributed by atoms with Crippen molar-refractivity contribution in [3.63, 3.8) is 0 Å². The van der Waals surface area contributed by atoms with Crippen molar-refractivity contribution >= 4 is 0 Å². The highest BCUT2D eigenvalue weighted by Crippen LogP contribution is 2.30. The highest BCUT2D eigenvalue weighted by Gasteiger charge is 2.29. The fourth-order valence-electron chi connectivity index (χ4n) is 2.61. The summed E-state index contributed by atoms with van der Waals surface area (Å²) in [7, 11) is 0. The molecule has 5 nitrogen and oxygen atoms in total. The van der Waals surface area contributed by atoms with E-state index >= 15 is 0 Å². The molecule has 0 amide bonds. The highest BCUT2D eigenvalue weighted by molar-refractivity contribution is 4.99. The van der Waals surface area contributed by atoms with E-state index in [2.05, 4.69) is 36.2 Å². The minimum Gasteiger partial charge on any atom is -0.370 e. The largest absolute Gasteiger partial charge is 0.370 e. The summed E-state index contributed by atoms with van der Waals surface area (Å²) in [5.41, 5.74) is 0. The molecule has 3 atom stereocenters. The second kappa shape index (κ2) is 6.48. The summed E-state index contributed by atoms with van der Waals surface area (Å²) in [5, 5.41) is 7.58. The van der Waals surface area contributed by atoms with Gasteiger partial charge in [0.2, 0.25) is 11.7 Å². The van der Waals surface area contributed by atoms with Crippen molar-refractivity contribution in [1.29, 1.82) is 0 Å². The molecule has 3 unspecified atom stereocenters. The first-order valence-corrected chi connectivity index (χ1v) is 7.32. The van der Waals surface area contributed by atoms with Crippen LogP contribution in [0.5, 0.6) is 0 Å². The Morgan fingerprint density at radius 2 is 2.26 bits per heavy atom. The van der Waals surface area contributed by atoms with E-state index in [1.54, 1.807) is 0 Å². The van der Waals surface area contributed by atoms with E-state index in [4.69, 9.17) is 9.26 Å². The lowest BCUT2D eigenvalue weighted by Crippen LogP contribution is -2.33. The Balaban J connectivity index is 2.12. The number of hydrogen-bond donors (Lipinski definition) is 1. The summed E-state index contributed by atoms with van der Waals surface area (Å²) < 4.78 is 11.2. The van der Waals surface area contributed by atoms with Crippen molar-refractivity contribution in [2.75, 3.05) is 13.2 Å². The van der Waals surface area contributed by atoms with Crippen LogP contribution in [-0.4, -0.2) is 23.3 Å². The van der Waals surface area contributed by atoms with Crippen molar-refractivity contribution in [1.82, 2.24) is 15.5 Å². The van der Waals surface area contributed by atoms with Gasteiger partial charge in [0.15, 0.2) is 0 Å². The molecule has 1 saturated heterocycles. The van der Waals surface area contributed by atoms with Gasteiger partial charge in [0.25, 0.3) is 0 Å². The Bertz CT molecular complexity index is 373. The molecule has 1 N–H and O–H groups in total. The first-order valence-electron chi connectivity index (χ1n) is 7.32. The number of piperidine rings is 1. The lowest BCUT2D eigenvalue weighted by Gasteiger charge is -2.26. The minimum absolute atomic E-state index is 0.0820. The predicted molar refractivity (Wildman–Crippen MR) is 72.6 cm³/mol. The van der Waals surface area contributed by atoms with Crippen LogP contribution in [0.3, 0.4) is 0 Å². The molecule has 0 radical (unpaired) electrons. The van der Waals surface area contributed by atoms with Gasteiger partial charge in [-0.05, 0) is 38.1 Å². The Kier molecular flexibility index (Phi) is 4.93. The van der Waals surface area contributed by atoms with Crippen LogP contribution in [0, 0.1) is 11.8 Å². The van der Waals surface area contributed by atoms with Crippen LogP contribution in [0.2, 0.25) is 0 Å². The Morgan fingerprint density at radius 1 is 1.47 bits per heavy atom. The number of aromatic nitrogens is 2. The van der Waals surface area contributed by atoms with Crippen LogP contribution in [-0.2, 0) is 4.74 Å². The van der Waals surface area contributed by atoms with Gasteiger partial charge in [0.1, 0.15) is 6.10 Å². The van der Waals surface area contributed by atoms with Crippen LogP contribution in [0.15, 0.2) is 4.52 Å². The molecule has 0 aromatic carbocycles. The van der Waals surface area contributed by atoms with Crippen molar-refractivity contribution in [3.05, 3.63) is 11.7 Å². The van der Waals surface area contributed by atoms with Gasteiger partial charge in [0, 0.05) is 6.61 Å². The average molecular weight is 267 g/mol. The van der Waals surface area contributed by atoms with Crippen LogP contribution in [0.1, 0.15) is 64.4 Å². The Labute approximate surface area is 115 Å². The highest BCUT2D eigenvalue weighted by atomic mass is 16.5. The van der Waals surface area contributed by atoms with Gasteiger partial charge in [-0.3, -0.25) is 0 Å². The summed E-state index contributed by atoms with van der Waals surface area (Å²) in [5.74, 6) is 2.24. The zero-order valence-corrected chi connectivity index (χ0v) is 12.3. The third-order valence-electron chi connectivity index (χ3n) is 3.70. The van der Waals surface area contributed by atoms with E-state index in [1.165, 1.54) is 12.8 Å². The van der Waals surface area contributed by atoms with Crippen molar-refractivity contribution in [2.24, 2.45) is 11.8 Å². The Morgan fingerprint density at radius 3 is 2.89 bits per heavy atom. The van der Waals surface area contributed by atoms with E-state index < -0.39 is 0 Å². The molecule has 1 aliphatic rings. The minimum atomic E-state index is -0.0820. The second-order valence-electron chi connectivity index (χ2n) is 5.66. The molecule has 5 heteroatoms. The maximum absolute atomic E-state index is 5.71. The summed E-state index contributed by atoms with van der Waals surface area (Å²) >= 11 is 0. The van der Waals surface area contributed by atoms with E-state index in [0.29, 0.717) is 30.2 Å². The molecule has 0 spiro atoms. The standard InChI is InChI=1S/C14H25N3O2/c1-5-18-12(9(2)3)13-16-14(19-17-13)11-10(4)7-6-8-15-11/h9-12,15H,5-8H2,1-4H3. The molecule has 108 valence electrons. The summed E-state index contributed by atoms with van der Waals surface area (Å²) in [4.78, 5) is 4.56. The average Bonchev–Trinajstić information content (AvgIpc) is 2.85. The van der Waals surface area contributed by atoms with Crippen LogP contribution in [0.25, 0.3) is 0 Å². The van der Waals surface area contributed by atoms with Crippen LogP contribution in [0.4, 0.5) is 0 Å². The smallest absolute Gasteiger partial charge is 0.244 e. The van der Waals surface area contributed by atoms with E-state index in [1.807, 2.05) is 6.92 Å². The van der Waals surface area contributed by atoms with Crippen molar-refractivity contribution in [2.45, 2.75) is 52.7 Å². The van der Waals surface area contributed by atoms with E-state index in [9.17, 15) is 0 Å². The normalized spacial score (nSPS) is 25.7. The molecular weight excluding hydrogens is 242 g/mol. The van der Waals surface area contributed by atoms with Crippen LogP contribution < -0.4 is 5.32 Å². The number of ether oxygens (including phenoxy) is 1. The zero-order valence-electron chi connectivity index (χ0n) is 12.3. The fraction of sp³-hybridized carbons (Fsp3) is 0.857. The van der Waals surface area contributed by atoms with Gasteiger partial charge < -0.3 is 14.6 Å². The quantitative estimate of drug-likeness (QED) is 0.889. The molecule has 1 aromatic heterocycles. The Hall–Kier alpha value is -0.940. The SMILES string of the molecule is CCOC(c1noc(C2NCCCC2C)n1)C(C)C. The summed E-state index contributed by atoms with van der Waals surface area (Å²) in [6.07, 6.45) is 2.34. The summed E-state index contributed by atoms with van der Waals surface area (Å²) in [6, 6.07) is 0.185. The number of hydrogen-bond acceptors (Lipinski definition) is 5. The lowest BCUT2D eigenvalue weighted by molar-refractivity contribution is 0.0217.